The summed E-state index contributed by atoms with van der Waals surface area (Å²) in [5.74, 6) is 0. The van der Waals surface area contributed by atoms with Crippen molar-refractivity contribution in [3.8, 4) is 0 Å². The molecule has 0 unspecified atom stereocenters. The van der Waals surface area contributed by atoms with Gasteiger partial charge in [0.25, 0.3) is 0 Å². The highest BCUT2D eigenvalue weighted by atomic mass is 35.5. The Balaban J connectivity index is 2.32. The van der Waals surface area contributed by atoms with Crippen LogP contribution in [0.1, 0.15) is 37.8 Å². The molecule has 1 N–H and O–H groups in total. The second-order valence-corrected chi connectivity index (χ2v) is 6.39. The summed E-state index contributed by atoms with van der Waals surface area (Å²) in [6, 6.07) is 3.88. The van der Waals surface area contributed by atoms with Crippen LogP contribution in [0.4, 0.5) is 0 Å². The van der Waals surface area contributed by atoms with Gasteiger partial charge in [-0.1, -0.05) is 54.6 Å². The largest absolute Gasteiger partial charge is 0.314 e. The quantitative estimate of drug-likeness (QED) is 0.779. The molecule has 0 spiro atoms. The van der Waals surface area contributed by atoms with Crippen LogP contribution in [0, 0.1) is 0 Å². The molecule has 1 aliphatic heterocycles. The van der Waals surface area contributed by atoms with Crippen LogP contribution < -0.4 is 5.32 Å². The summed E-state index contributed by atoms with van der Waals surface area (Å²) >= 11 is 19.0. The van der Waals surface area contributed by atoms with E-state index in [0.717, 1.165) is 49.6 Å². The first kappa shape index (κ1) is 16.4. The van der Waals surface area contributed by atoms with E-state index < -0.39 is 0 Å². The summed E-state index contributed by atoms with van der Waals surface area (Å²) in [5.41, 5.74) is 0.996. The summed E-state index contributed by atoms with van der Waals surface area (Å²) in [4.78, 5) is 2.47. The Hall–Kier alpha value is 0.01000. The number of nitrogens with one attached hydrogen (secondary N) is 1. The molecule has 20 heavy (non-hydrogen) atoms. The fourth-order valence-corrected chi connectivity index (χ4v) is 3.54. The molecule has 1 heterocycles. The number of halogens is 3. The number of benzene rings is 1. The maximum atomic E-state index is 6.43. The van der Waals surface area contributed by atoms with Gasteiger partial charge < -0.3 is 5.32 Å². The van der Waals surface area contributed by atoms with Crippen LogP contribution in [-0.4, -0.2) is 31.1 Å². The van der Waals surface area contributed by atoms with Crippen LogP contribution >= 0.6 is 34.8 Å². The Morgan fingerprint density at radius 3 is 2.45 bits per heavy atom. The maximum Gasteiger partial charge on any atom is 0.0655 e. The van der Waals surface area contributed by atoms with Crippen molar-refractivity contribution in [3.63, 3.8) is 0 Å². The Kier molecular flexibility index (Phi) is 6.44. The fraction of sp³-hybridized carbons (Fsp3) is 0.600. The first-order valence-electron chi connectivity index (χ1n) is 7.23. The van der Waals surface area contributed by atoms with E-state index in [1.165, 1.54) is 6.42 Å². The SMILES string of the molecule is CCCC[C@H](c1c(Cl)ccc(Cl)c1Cl)N1CCNCC1. The summed E-state index contributed by atoms with van der Waals surface area (Å²) in [6.07, 6.45) is 3.39. The fourth-order valence-electron chi connectivity index (χ4n) is 2.75. The standard InChI is InChI=1S/C15H21Cl3N2/c1-2-3-4-13(20-9-7-19-8-10-20)14-11(16)5-6-12(17)15(14)18/h5-6,13,19H,2-4,7-10H2,1H3/t13-/m1/s1. The Morgan fingerprint density at radius 1 is 1.15 bits per heavy atom. The third-order valence-corrected chi connectivity index (χ3v) is 4.98. The van der Waals surface area contributed by atoms with E-state index in [4.69, 9.17) is 34.8 Å². The lowest BCUT2D eigenvalue weighted by Gasteiger charge is -2.36. The molecule has 112 valence electrons. The smallest absolute Gasteiger partial charge is 0.0655 e. The van der Waals surface area contributed by atoms with Crippen molar-refractivity contribution in [1.29, 1.82) is 0 Å². The molecule has 0 amide bonds. The van der Waals surface area contributed by atoms with Crippen molar-refractivity contribution in [2.75, 3.05) is 26.2 Å². The highest BCUT2D eigenvalue weighted by molar-refractivity contribution is 6.44. The molecule has 0 aliphatic carbocycles. The molecule has 0 radical (unpaired) electrons. The van der Waals surface area contributed by atoms with Gasteiger partial charge in [0.15, 0.2) is 0 Å². The highest BCUT2D eigenvalue weighted by Crippen LogP contribution is 2.40. The molecule has 1 aromatic rings. The summed E-state index contributed by atoms with van der Waals surface area (Å²) in [6.45, 7) is 6.27. The lowest BCUT2D eigenvalue weighted by atomic mass is 9.98. The van der Waals surface area contributed by atoms with Gasteiger partial charge >= 0.3 is 0 Å². The molecule has 1 atom stereocenters. The number of piperazine rings is 1. The molecular weight excluding hydrogens is 315 g/mol. The second kappa shape index (κ2) is 7.86. The van der Waals surface area contributed by atoms with Crippen molar-refractivity contribution in [1.82, 2.24) is 10.2 Å². The van der Waals surface area contributed by atoms with Gasteiger partial charge in [-0.2, -0.15) is 0 Å². The van der Waals surface area contributed by atoms with Crippen LogP contribution in [0.2, 0.25) is 15.1 Å². The molecule has 1 aromatic carbocycles. The molecule has 0 bridgehead atoms. The number of unbranched alkanes of at least 4 members (excludes halogenated alkanes) is 1. The third kappa shape index (κ3) is 3.80. The molecule has 1 aliphatic rings. The maximum absolute atomic E-state index is 6.43. The number of hydrogen-bond donors (Lipinski definition) is 1. The number of nitrogens with zero attached hydrogens (tertiary/aromatic N) is 1. The van der Waals surface area contributed by atoms with Crippen LogP contribution in [-0.2, 0) is 0 Å². The van der Waals surface area contributed by atoms with Crippen LogP contribution in [0.3, 0.4) is 0 Å². The molecule has 0 aromatic heterocycles. The molecule has 0 saturated carbocycles. The Bertz CT molecular complexity index is 445. The molecule has 5 heteroatoms. The van der Waals surface area contributed by atoms with Crippen molar-refractivity contribution in [2.45, 2.75) is 32.2 Å². The topological polar surface area (TPSA) is 15.3 Å². The molecule has 1 saturated heterocycles. The van der Waals surface area contributed by atoms with E-state index in [9.17, 15) is 0 Å². The van der Waals surface area contributed by atoms with Gasteiger partial charge in [0.1, 0.15) is 0 Å². The first-order valence-corrected chi connectivity index (χ1v) is 8.36. The van der Waals surface area contributed by atoms with Gasteiger partial charge in [0, 0.05) is 42.8 Å². The van der Waals surface area contributed by atoms with Crippen LogP contribution in [0.25, 0.3) is 0 Å². The zero-order valence-corrected chi connectivity index (χ0v) is 14.0. The average Bonchev–Trinajstić information content (AvgIpc) is 2.47. The van der Waals surface area contributed by atoms with E-state index in [2.05, 4.69) is 17.1 Å². The van der Waals surface area contributed by atoms with Gasteiger partial charge in [0.2, 0.25) is 0 Å². The van der Waals surface area contributed by atoms with E-state index in [-0.39, 0.29) is 6.04 Å². The minimum Gasteiger partial charge on any atom is -0.314 e. The van der Waals surface area contributed by atoms with Crippen molar-refractivity contribution < 1.29 is 0 Å². The Morgan fingerprint density at radius 2 is 1.80 bits per heavy atom. The predicted octanol–water partition coefficient (Wildman–Crippen LogP) is 4.78. The van der Waals surface area contributed by atoms with E-state index >= 15 is 0 Å². The normalized spacial score (nSPS) is 18.2. The highest BCUT2D eigenvalue weighted by Gasteiger charge is 2.26. The van der Waals surface area contributed by atoms with E-state index in [0.29, 0.717) is 10.0 Å². The van der Waals surface area contributed by atoms with Crippen LogP contribution in [0.15, 0.2) is 12.1 Å². The average molecular weight is 336 g/mol. The monoisotopic (exact) mass is 334 g/mol. The zero-order chi connectivity index (χ0) is 14.5. The number of hydrogen-bond acceptors (Lipinski definition) is 2. The van der Waals surface area contributed by atoms with Gasteiger partial charge in [-0.15, -0.1) is 0 Å². The summed E-state index contributed by atoms with van der Waals surface area (Å²) in [5, 5.41) is 5.30. The van der Waals surface area contributed by atoms with Crippen LogP contribution in [0.5, 0.6) is 0 Å². The number of rotatable bonds is 5. The molecular formula is C15H21Cl3N2. The van der Waals surface area contributed by atoms with E-state index in [1.54, 1.807) is 6.07 Å². The summed E-state index contributed by atoms with van der Waals surface area (Å²) < 4.78 is 0. The Labute approximate surface area is 136 Å². The summed E-state index contributed by atoms with van der Waals surface area (Å²) in [7, 11) is 0. The van der Waals surface area contributed by atoms with Gasteiger partial charge in [-0.3, -0.25) is 4.90 Å². The lowest BCUT2D eigenvalue weighted by molar-refractivity contribution is 0.163. The predicted molar refractivity (Wildman–Crippen MR) is 88.2 cm³/mol. The van der Waals surface area contributed by atoms with Crippen molar-refractivity contribution in [3.05, 3.63) is 32.8 Å². The van der Waals surface area contributed by atoms with Crippen molar-refractivity contribution >= 4 is 34.8 Å². The first-order chi connectivity index (χ1) is 9.65. The van der Waals surface area contributed by atoms with Crippen molar-refractivity contribution in [2.24, 2.45) is 0 Å². The lowest BCUT2D eigenvalue weighted by Crippen LogP contribution is -2.45. The molecule has 2 nitrogen and oxygen atoms in total. The molecule has 2 rings (SSSR count). The van der Waals surface area contributed by atoms with Gasteiger partial charge in [-0.05, 0) is 18.6 Å². The molecule has 1 fully saturated rings. The third-order valence-electron chi connectivity index (χ3n) is 3.84. The minimum atomic E-state index is 0.260. The minimum absolute atomic E-state index is 0.260. The van der Waals surface area contributed by atoms with Gasteiger partial charge in [0.05, 0.1) is 10.0 Å². The second-order valence-electron chi connectivity index (χ2n) is 5.20. The van der Waals surface area contributed by atoms with E-state index in [1.807, 2.05) is 6.07 Å². The van der Waals surface area contributed by atoms with Gasteiger partial charge in [-0.25, -0.2) is 0 Å². The zero-order valence-electron chi connectivity index (χ0n) is 11.8.